The molecule has 2 aromatic heterocycles. The number of amides is 4. The molecule has 1 aliphatic heterocycles. The molecule has 1 aliphatic carbocycles. The predicted molar refractivity (Wildman–Crippen MR) is 123 cm³/mol. The van der Waals surface area contributed by atoms with E-state index in [0.29, 0.717) is 48.3 Å². The summed E-state index contributed by atoms with van der Waals surface area (Å²) in [7, 11) is 0. The molecule has 5 rings (SSSR count). The molecule has 33 heavy (non-hydrogen) atoms. The second kappa shape index (κ2) is 8.35. The van der Waals surface area contributed by atoms with Crippen LogP contribution in [-0.2, 0) is 4.79 Å². The Bertz CT molecular complexity index is 1240. The Balaban J connectivity index is 1.27. The lowest BCUT2D eigenvalue weighted by atomic mass is 9.98. The van der Waals surface area contributed by atoms with Crippen molar-refractivity contribution in [3.05, 3.63) is 53.8 Å². The smallest absolute Gasteiger partial charge is 0.325 e. The van der Waals surface area contributed by atoms with Gasteiger partial charge in [-0.15, -0.1) is 0 Å². The quantitative estimate of drug-likeness (QED) is 0.443. The summed E-state index contributed by atoms with van der Waals surface area (Å²) in [5.74, 6) is 1.01. The first kappa shape index (κ1) is 21.2. The molecule has 0 bridgehead atoms. The van der Waals surface area contributed by atoms with Crippen LogP contribution in [0.25, 0.3) is 22.4 Å². The zero-order valence-electron chi connectivity index (χ0n) is 18.5. The van der Waals surface area contributed by atoms with Crippen LogP contribution < -0.4 is 10.6 Å². The Morgan fingerprint density at radius 1 is 1.18 bits per heavy atom. The monoisotopic (exact) mass is 446 g/mol. The second-order valence-corrected chi connectivity index (χ2v) is 8.77. The number of urea groups is 1. The number of nitrogens with one attached hydrogen (secondary N) is 2. The number of rotatable bonds is 6. The summed E-state index contributed by atoms with van der Waals surface area (Å²) in [5, 5.41) is 6.55. The van der Waals surface area contributed by atoms with Gasteiger partial charge in [0.05, 0.1) is 11.1 Å². The van der Waals surface area contributed by atoms with Crippen LogP contribution in [0.2, 0.25) is 0 Å². The van der Waals surface area contributed by atoms with Gasteiger partial charge in [-0.25, -0.2) is 9.78 Å². The highest BCUT2D eigenvalue weighted by molar-refractivity contribution is 6.08. The topological polar surface area (TPSA) is 105 Å². The van der Waals surface area contributed by atoms with E-state index >= 15 is 0 Å². The van der Waals surface area contributed by atoms with Crippen LogP contribution in [-0.4, -0.2) is 46.4 Å². The van der Waals surface area contributed by atoms with Gasteiger partial charge in [-0.1, -0.05) is 31.0 Å². The van der Waals surface area contributed by atoms with Crippen LogP contribution in [0.15, 0.2) is 46.9 Å². The predicted octanol–water partition coefficient (Wildman–Crippen LogP) is 3.79. The van der Waals surface area contributed by atoms with Crippen molar-refractivity contribution in [3.8, 4) is 11.5 Å². The van der Waals surface area contributed by atoms with Gasteiger partial charge in [-0.2, -0.15) is 0 Å². The van der Waals surface area contributed by atoms with E-state index in [1.54, 1.807) is 6.07 Å². The van der Waals surface area contributed by atoms with Crippen LogP contribution >= 0.6 is 0 Å². The molecule has 2 fully saturated rings. The van der Waals surface area contributed by atoms with Crippen LogP contribution in [0, 0.1) is 6.92 Å². The number of benzene rings is 1. The van der Waals surface area contributed by atoms with Gasteiger partial charge >= 0.3 is 6.03 Å². The first-order chi connectivity index (χ1) is 16.0. The fraction of sp³-hybridized carbons (Fsp3) is 0.360. The maximum absolute atomic E-state index is 13.0. The average molecular weight is 447 g/mol. The number of carbonyl (C=O) groups excluding carboxylic acids is 3. The summed E-state index contributed by atoms with van der Waals surface area (Å²) >= 11 is 0. The van der Waals surface area contributed by atoms with Crippen molar-refractivity contribution in [3.63, 3.8) is 0 Å². The zero-order chi connectivity index (χ0) is 23.0. The molecular formula is C25H26N4O4. The summed E-state index contributed by atoms with van der Waals surface area (Å²) in [4.78, 5) is 44.0. The molecule has 1 aromatic carbocycles. The molecular weight excluding hydrogens is 420 g/mol. The number of aromatic nitrogens is 1. The van der Waals surface area contributed by atoms with Crippen molar-refractivity contribution in [2.24, 2.45) is 0 Å². The Kier molecular flexibility index (Phi) is 5.36. The van der Waals surface area contributed by atoms with E-state index in [1.165, 1.54) is 4.90 Å². The molecule has 1 saturated heterocycles. The van der Waals surface area contributed by atoms with Crippen molar-refractivity contribution in [2.45, 2.75) is 44.6 Å². The number of carbonyl (C=O) groups is 3. The maximum atomic E-state index is 13.0. The van der Waals surface area contributed by atoms with E-state index in [2.05, 4.69) is 15.6 Å². The first-order valence-corrected chi connectivity index (χ1v) is 11.4. The summed E-state index contributed by atoms with van der Waals surface area (Å²) in [6.07, 6.45) is 3.80. The molecule has 3 aromatic rings. The second-order valence-electron chi connectivity index (χ2n) is 8.77. The molecule has 1 saturated carbocycles. The standard InChI is InChI=1S/C25H26N4O4/c1-16-9-10-21(33-16)20-15-18(17-7-2-3-8-19(17)27-20)22(30)26-13-6-14-29-23(31)25(28-24(29)32)11-4-5-12-25/h2-3,7-10,15H,4-6,11-14H2,1H3,(H,26,30)(H,28,32). The molecule has 8 heteroatoms. The highest BCUT2D eigenvalue weighted by atomic mass is 16.3. The lowest BCUT2D eigenvalue weighted by Crippen LogP contribution is -2.44. The fourth-order valence-corrected chi connectivity index (χ4v) is 4.79. The van der Waals surface area contributed by atoms with Crippen molar-refractivity contribution < 1.29 is 18.8 Å². The summed E-state index contributed by atoms with van der Waals surface area (Å²) in [5.41, 5.74) is 1.10. The van der Waals surface area contributed by atoms with Gasteiger partial charge in [0.1, 0.15) is 17.0 Å². The average Bonchev–Trinajstić information content (AvgIpc) is 3.52. The minimum atomic E-state index is -0.698. The third-order valence-electron chi connectivity index (χ3n) is 6.50. The fourth-order valence-electron chi connectivity index (χ4n) is 4.79. The first-order valence-electron chi connectivity index (χ1n) is 11.4. The minimum Gasteiger partial charge on any atom is -0.460 e. The SMILES string of the molecule is Cc1ccc(-c2cc(C(=O)NCCCN3C(=O)NC4(CCCC4)C3=O)c3ccccc3n2)o1. The molecule has 4 amide bonds. The van der Waals surface area contributed by atoms with Crippen molar-refractivity contribution in [1.29, 1.82) is 0 Å². The van der Waals surface area contributed by atoms with E-state index < -0.39 is 5.54 Å². The maximum Gasteiger partial charge on any atom is 0.325 e. The minimum absolute atomic E-state index is 0.130. The molecule has 170 valence electrons. The lowest BCUT2D eigenvalue weighted by Gasteiger charge is -2.20. The number of hydrogen-bond acceptors (Lipinski definition) is 5. The van der Waals surface area contributed by atoms with Crippen LogP contribution in [0.5, 0.6) is 0 Å². The number of hydrogen-bond donors (Lipinski definition) is 2. The van der Waals surface area contributed by atoms with Crippen molar-refractivity contribution in [2.75, 3.05) is 13.1 Å². The van der Waals surface area contributed by atoms with Gasteiger partial charge in [0.25, 0.3) is 11.8 Å². The van der Waals surface area contributed by atoms with E-state index in [9.17, 15) is 14.4 Å². The highest BCUT2D eigenvalue weighted by Crippen LogP contribution is 2.35. The van der Waals surface area contributed by atoms with Crippen LogP contribution in [0.3, 0.4) is 0 Å². The van der Waals surface area contributed by atoms with Gasteiger partial charge in [0.2, 0.25) is 0 Å². The number of furan rings is 1. The molecule has 0 atom stereocenters. The van der Waals surface area contributed by atoms with E-state index in [0.717, 1.165) is 24.0 Å². The molecule has 0 radical (unpaired) electrons. The molecule has 3 heterocycles. The van der Waals surface area contributed by atoms with Crippen molar-refractivity contribution >= 4 is 28.7 Å². The molecule has 0 unspecified atom stereocenters. The largest absolute Gasteiger partial charge is 0.460 e. The Morgan fingerprint density at radius 3 is 2.73 bits per heavy atom. The summed E-state index contributed by atoms with van der Waals surface area (Å²) in [6, 6.07) is 12.6. The van der Waals surface area contributed by atoms with Gasteiger partial charge < -0.3 is 15.1 Å². The number of imide groups is 1. The number of nitrogens with zero attached hydrogens (tertiary/aromatic N) is 2. The third-order valence-corrected chi connectivity index (χ3v) is 6.50. The molecule has 2 aliphatic rings. The summed E-state index contributed by atoms with van der Waals surface area (Å²) in [6.45, 7) is 2.48. The van der Waals surface area contributed by atoms with E-state index in [4.69, 9.17) is 4.42 Å². The van der Waals surface area contributed by atoms with E-state index in [1.807, 2.05) is 43.3 Å². The Morgan fingerprint density at radius 2 is 1.97 bits per heavy atom. The zero-order valence-corrected chi connectivity index (χ0v) is 18.5. The van der Waals surface area contributed by atoms with Crippen molar-refractivity contribution in [1.82, 2.24) is 20.5 Å². The lowest BCUT2D eigenvalue weighted by molar-refractivity contribution is -0.131. The third kappa shape index (κ3) is 3.86. The Hall–Kier alpha value is -3.68. The number of fused-ring (bicyclic) bond motifs is 1. The molecule has 1 spiro atoms. The number of pyridine rings is 1. The highest BCUT2D eigenvalue weighted by Gasteiger charge is 2.51. The van der Waals surface area contributed by atoms with Gasteiger partial charge in [-0.05, 0) is 50.5 Å². The van der Waals surface area contributed by atoms with Gasteiger partial charge in [-0.3, -0.25) is 14.5 Å². The van der Waals surface area contributed by atoms with Crippen LogP contribution in [0.4, 0.5) is 4.79 Å². The Labute approximate surface area is 191 Å². The molecule has 2 N–H and O–H groups in total. The number of para-hydroxylation sites is 1. The van der Waals surface area contributed by atoms with Gasteiger partial charge in [0, 0.05) is 18.5 Å². The molecule has 8 nitrogen and oxygen atoms in total. The van der Waals surface area contributed by atoms with E-state index in [-0.39, 0.29) is 24.4 Å². The van der Waals surface area contributed by atoms with Gasteiger partial charge in [0.15, 0.2) is 5.76 Å². The summed E-state index contributed by atoms with van der Waals surface area (Å²) < 4.78 is 5.70. The normalized spacial score (nSPS) is 17.2. The van der Waals surface area contributed by atoms with Crippen LogP contribution in [0.1, 0.15) is 48.2 Å². The number of aryl methyl sites for hydroxylation is 1.